The number of carbonyl (C=O) groups is 2. The van der Waals surface area contributed by atoms with Gasteiger partial charge in [-0.3, -0.25) is 9.59 Å². The number of amides is 1. The maximum Gasteiger partial charge on any atom is 0.305 e. The highest BCUT2D eigenvalue weighted by Gasteiger charge is 2.15. The molecule has 110 valence electrons. The Hall–Kier alpha value is -2.63. The number of carboxylic acid groups (broad SMARTS) is 1. The molecule has 2 aromatic rings. The molecule has 0 aliphatic heterocycles. The fourth-order valence-corrected chi connectivity index (χ4v) is 1.95. The number of aliphatic carboxylic acids is 1. The van der Waals surface area contributed by atoms with Gasteiger partial charge in [0, 0.05) is 24.2 Å². The quantitative estimate of drug-likeness (QED) is 0.881. The molecule has 21 heavy (non-hydrogen) atoms. The fraction of sp³-hybridized carbons (Fsp3) is 0.267. The van der Waals surface area contributed by atoms with E-state index in [4.69, 9.17) is 9.52 Å². The van der Waals surface area contributed by atoms with Crippen LogP contribution in [-0.2, 0) is 4.79 Å². The number of hydrogen-bond donors (Lipinski definition) is 1. The van der Waals surface area contributed by atoms with Crippen LogP contribution < -0.4 is 0 Å². The molecule has 6 nitrogen and oxygen atoms in total. The molecular weight excluding hydrogens is 272 g/mol. The minimum Gasteiger partial charge on any atom is -0.481 e. The van der Waals surface area contributed by atoms with Crippen molar-refractivity contribution in [3.05, 3.63) is 42.4 Å². The molecule has 1 heterocycles. The van der Waals surface area contributed by atoms with Crippen LogP contribution in [0.2, 0.25) is 0 Å². The summed E-state index contributed by atoms with van der Waals surface area (Å²) in [6.07, 6.45) is 2.89. The molecular formula is C15H16N2O4. The maximum atomic E-state index is 12.3. The molecule has 0 saturated carbocycles. The zero-order chi connectivity index (χ0) is 15.2. The standard InChI is InChI=1S/C15H16N2O4/c1-2-17(8-7-14(18)19)15(20)12-5-3-11(4-6-12)13-9-16-10-21-13/h3-6,9-10H,2,7-8H2,1H3,(H,18,19). The Kier molecular flexibility index (Phi) is 4.71. The summed E-state index contributed by atoms with van der Waals surface area (Å²) in [6, 6.07) is 6.95. The highest BCUT2D eigenvalue weighted by atomic mass is 16.4. The zero-order valence-electron chi connectivity index (χ0n) is 11.7. The van der Waals surface area contributed by atoms with Crippen LogP contribution >= 0.6 is 0 Å². The third-order valence-electron chi connectivity index (χ3n) is 3.11. The van der Waals surface area contributed by atoms with Gasteiger partial charge in [-0.25, -0.2) is 4.98 Å². The first-order valence-corrected chi connectivity index (χ1v) is 6.61. The fourth-order valence-electron chi connectivity index (χ4n) is 1.95. The second-order valence-corrected chi connectivity index (χ2v) is 4.47. The van der Waals surface area contributed by atoms with Crippen LogP contribution in [0.4, 0.5) is 0 Å². The highest BCUT2D eigenvalue weighted by Crippen LogP contribution is 2.19. The van der Waals surface area contributed by atoms with E-state index in [0.29, 0.717) is 17.9 Å². The molecule has 0 saturated heterocycles. The van der Waals surface area contributed by atoms with Gasteiger partial charge in [-0.2, -0.15) is 0 Å². The number of aromatic nitrogens is 1. The topological polar surface area (TPSA) is 83.6 Å². The molecule has 1 aromatic carbocycles. The molecule has 0 radical (unpaired) electrons. The van der Waals surface area contributed by atoms with Crippen molar-refractivity contribution >= 4 is 11.9 Å². The second kappa shape index (κ2) is 6.69. The van der Waals surface area contributed by atoms with Crippen LogP contribution in [0.3, 0.4) is 0 Å². The lowest BCUT2D eigenvalue weighted by Crippen LogP contribution is -2.32. The smallest absolute Gasteiger partial charge is 0.305 e. The first-order valence-electron chi connectivity index (χ1n) is 6.61. The van der Waals surface area contributed by atoms with Gasteiger partial charge < -0.3 is 14.4 Å². The predicted molar refractivity (Wildman–Crippen MR) is 75.8 cm³/mol. The van der Waals surface area contributed by atoms with Crippen molar-refractivity contribution in [2.75, 3.05) is 13.1 Å². The van der Waals surface area contributed by atoms with Crippen molar-refractivity contribution in [3.8, 4) is 11.3 Å². The Morgan fingerprint density at radius 3 is 2.52 bits per heavy atom. The van der Waals surface area contributed by atoms with E-state index in [1.165, 1.54) is 11.3 Å². The number of rotatable bonds is 6. The van der Waals surface area contributed by atoms with Crippen LogP contribution in [0.1, 0.15) is 23.7 Å². The molecule has 0 aliphatic rings. The van der Waals surface area contributed by atoms with Crippen molar-refractivity contribution in [2.45, 2.75) is 13.3 Å². The van der Waals surface area contributed by atoms with Gasteiger partial charge in [0.25, 0.3) is 5.91 Å². The van der Waals surface area contributed by atoms with Gasteiger partial charge in [0.05, 0.1) is 12.6 Å². The summed E-state index contributed by atoms with van der Waals surface area (Å²) in [5.41, 5.74) is 1.35. The van der Waals surface area contributed by atoms with E-state index in [1.54, 1.807) is 30.5 Å². The minimum atomic E-state index is -0.915. The Labute approximate surface area is 122 Å². The van der Waals surface area contributed by atoms with Gasteiger partial charge in [-0.1, -0.05) is 12.1 Å². The summed E-state index contributed by atoms with van der Waals surface area (Å²) in [6.45, 7) is 2.49. The van der Waals surface area contributed by atoms with E-state index < -0.39 is 5.97 Å². The van der Waals surface area contributed by atoms with Crippen molar-refractivity contribution in [2.24, 2.45) is 0 Å². The second-order valence-electron chi connectivity index (χ2n) is 4.47. The van der Waals surface area contributed by atoms with Gasteiger partial charge >= 0.3 is 5.97 Å². The van der Waals surface area contributed by atoms with Crippen LogP contribution in [-0.4, -0.2) is 40.0 Å². The first-order chi connectivity index (χ1) is 10.1. The Bertz CT molecular complexity index is 605. The lowest BCUT2D eigenvalue weighted by Gasteiger charge is -2.20. The minimum absolute atomic E-state index is 0.0598. The normalized spacial score (nSPS) is 10.3. The molecule has 0 spiro atoms. The van der Waals surface area contributed by atoms with Crippen LogP contribution in [0, 0.1) is 0 Å². The summed E-state index contributed by atoms with van der Waals surface area (Å²) in [5, 5.41) is 8.70. The Morgan fingerprint density at radius 2 is 2.00 bits per heavy atom. The lowest BCUT2D eigenvalue weighted by atomic mass is 10.1. The van der Waals surface area contributed by atoms with E-state index in [2.05, 4.69) is 4.98 Å². The molecule has 6 heteroatoms. The number of carboxylic acids is 1. The average molecular weight is 288 g/mol. The largest absolute Gasteiger partial charge is 0.481 e. The number of carbonyl (C=O) groups excluding carboxylic acids is 1. The molecule has 2 rings (SSSR count). The third kappa shape index (κ3) is 3.68. The van der Waals surface area contributed by atoms with Crippen LogP contribution in [0.15, 0.2) is 41.3 Å². The van der Waals surface area contributed by atoms with Crippen LogP contribution in [0.5, 0.6) is 0 Å². The molecule has 0 bridgehead atoms. The molecule has 0 aliphatic carbocycles. The van der Waals surface area contributed by atoms with Crippen molar-refractivity contribution in [1.29, 1.82) is 0 Å². The number of nitrogens with zero attached hydrogens (tertiary/aromatic N) is 2. The zero-order valence-corrected chi connectivity index (χ0v) is 11.7. The molecule has 1 N–H and O–H groups in total. The molecule has 0 atom stereocenters. The van der Waals surface area contributed by atoms with E-state index in [9.17, 15) is 9.59 Å². The molecule has 0 unspecified atom stereocenters. The Balaban J connectivity index is 2.09. The van der Waals surface area contributed by atoms with E-state index in [0.717, 1.165) is 5.56 Å². The SMILES string of the molecule is CCN(CCC(=O)O)C(=O)c1ccc(-c2cnco2)cc1. The predicted octanol–water partition coefficient (Wildman–Crippen LogP) is 2.28. The van der Waals surface area contributed by atoms with Gasteiger partial charge in [0.1, 0.15) is 0 Å². The highest BCUT2D eigenvalue weighted by molar-refractivity contribution is 5.94. The molecule has 0 fully saturated rings. The van der Waals surface area contributed by atoms with E-state index >= 15 is 0 Å². The average Bonchev–Trinajstić information content (AvgIpc) is 3.02. The van der Waals surface area contributed by atoms with Gasteiger partial charge in [0.2, 0.25) is 0 Å². The van der Waals surface area contributed by atoms with Crippen LogP contribution in [0.25, 0.3) is 11.3 Å². The third-order valence-corrected chi connectivity index (χ3v) is 3.11. The van der Waals surface area contributed by atoms with Crippen molar-refractivity contribution < 1.29 is 19.1 Å². The van der Waals surface area contributed by atoms with E-state index in [-0.39, 0.29) is 18.9 Å². The van der Waals surface area contributed by atoms with Crippen molar-refractivity contribution in [1.82, 2.24) is 9.88 Å². The van der Waals surface area contributed by atoms with E-state index in [1.807, 2.05) is 6.92 Å². The Morgan fingerprint density at radius 1 is 1.29 bits per heavy atom. The summed E-state index contributed by atoms with van der Waals surface area (Å²) in [7, 11) is 0. The summed E-state index contributed by atoms with van der Waals surface area (Å²) in [5.74, 6) is -0.461. The summed E-state index contributed by atoms with van der Waals surface area (Å²) >= 11 is 0. The molecule has 1 amide bonds. The first kappa shape index (κ1) is 14.8. The van der Waals surface area contributed by atoms with Gasteiger partial charge in [-0.15, -0.1) is 0 Å². The number of oxazole rings is 1. The summed E-state index contributed by atoms with van der Waals surface area (Å²) in [4.78, 5) is 28.2. The van der Waals surface area contributed by atoms with Gasteiger partial charge in [-0.05, 0) is 19.1 Å². The lowest BCUT2D eigenvalue weighted by molar-refractivity contribution is -0.137. The monoisotopic (exact) mass is 288 g/mol. The number of benzene rings is 1. The summed E-state index contributed by atoms with van der Waals surface area (Å²) < 4.78 is 5.18. The molecule has 1 aromatic heterocycles. The maximum absolute atomic E-state index is 12.3. The van der Waals surface area contributed by atoms with Crippen molar-refractivity contribution in [3.63, 3.8) is 0 Å². The number of hydrogen-bond acceptors (Lipinski definition) is 4. The van der Waals surface area contributed by atoms with Gasteiger partial charge in [0.15, 0.2) is 12.2 Å².